The number of H-pyrrole nitrogens is 1. The first-order chi connectivity index (χ1) is 10.7. The molecule has 1 atom stereocenters. The van der Waals surface area contributed by atoms with Crippen molar-refractivity contribution in [2.24, 2.45) is 16.6 Å². The number of aliphatic imine (C=N–C) groups is 1. The third-order valence-corrected chi connectivity index (χ3v) is 4.53. The molecule has 1 saturated heterocycles. The van der Waals surface area contributed by atoms with Gasteiger partial charge in [0.2, 0.25) is 0 Å². The number of benzene rings is 1. The Morgan fingerprint density at radius 3 is 3.14 bits per heavy atom. The number of nitrogens with one attached hydrogen (secondary N) is 1. The highest BCUT2D eigenvalue weighted by Crippen LogP contribution is 2.19. The Balaban J connectivity index is 1.51. The molecule has 22 heavy (non-hydrogen) atoms. The number of piperidine rings is 1. The summed E-state index contributed by atoms with van der Waals surface area (Å²) in [4.78, 5) is 10.1. The molecule has 1 aromatic heterocycles. The summed E-state index contributed by atoms with van der Waals surface area (Å²) in [6.07, 6.45) is 6.73. The van der Waals surface area contributed by atoms with E-state index in [1.807, 2.05) is 0 Å². The molecular formula is C18H26N4. The van der Waals surface area contributed by atoms with Crippen LogP contribution >= 0.6 is 0 Å². The van der Waals surface area contributed by atoms with Crippen LogP contribution in [0.3, 0.4) is 0 Å². The Bertz CT molecular complexity index is 643. The molecule has 1 aliphatic heterocycles. The van der Waals surface area contributed by atoms with Crippen molar-refractivity contribution in [2.75, 3.05) is 19.6 Å². The average molecular weight is 298 g/mol. The third-order valence-electron chi connectivity index (χ3n) is 4.53. The van der Waals surface area contributed by atoms with Crippen LogP contribution in [0.4, 0.5) is 0 Å². The molecule has 0 spiro atoms. The summed E-state index contributed by atoms with van der Waals surface area (Å²) in [7, 11) is 0. The highest BCUT2D eigenvalue weighted by atomic mass is 15.3. The lowest BCUT2D eigenvalue weighted by molar-refractivity contribution is 0.270. The lowest BCUT2D eigenvalue weighted by Crippen LogP contribution is -2.43. The maximum absolute atomic E-state index is 6.13. The lowest BCUT2D eigenvalue weighted by Gasteiger charge is -2.31. The number of guanidine groups is 1. The molecule has 1 fully saturated rings. The zero-order valence-corrected chi connectivity index (χ0v) is 13.4. The fourth-order valence-electron chi connectivity index (χ4n) is 3.30. The first kappa shape index (κ1) is 14.9. The van der Waals surface area contributed by atoms with E-state index >= 15 is 0 Å². The van der Waals surface area contributed by atoms with Crippen LogP contribution in [0.15, 0.2) is 35.5 Å². The predicted octanol–water partition coefficient (Wildman–Crippen LogP) is 3.15. The summed E-state index contributed by atoms with van der Waals surface area (Å²) >= 11 is 0. The Kier molecular flexibility index (Phi) is 4.66. The van der Waals surface area contributed by atoms with E-state index in [-0.39, 0.29) is 0 Å². The number of nitrogens with two attached hydrogens (primary N) is 1. The molecule has 118 valence electrons. The van der Waals surface area contributed by atoms with Gasteiger partial charge in [-0.2, -0.15) is 0 Å². The highest BCUT2D eigenvalue weighted by Gasteiger charge is 2.17. The molecule has 0 bridgehead atoms. The van der Waals surface area contributed by atoms with Gasteiger partial charge < -0.3 is 15.6 Å². The summed E-state index contributed by atoms with van der Waals surface area (Å²) in [5, 5.41) is 1.32. The van der Waals surface area contributed by atoms with E-state index in [1.54, 1.807) is 0 Å². The van der Waals surface area contributed by atoms with E-state index in [1.165, 1.54) is 29.3 Å². The van der Waals surface area contributed by atoms with Crippen LogP contribution in [0.5, 0.6) is 0 Å². The zero-order valence-electron chi connectivity index (χ0n) is 13.4. The van der Waals surface area contributed by atoms with Gasteiger partial charge in [-0.15, -0.1) is 0 Å². The smallest absolute Gasteiger partial charge is 0.191 e. The van der Waals surface area contributed by atoms with Crippen LogP contribution < -0.4 is 5.73 Å². The van der Waals surface area contributed by atoms with Gasteiger partial charge in [0.25, 0.3) is 0 Å². The minimum absolute atomic E-state index is 0.727. The Morgan fingerprint density at radius 1 is 1.41 bits per heavy atom. The summed E-state index contributed by atoms with van der Waals surface area (Å²) < 4.78 is 0. The van der Waals surface area contributed by atoms with Gasteiger partial charge in [0, 0.05) is 36.7 Å². The number of aromatic amines is 1. The second-order valence-electron chi connectivity index (χ2n) is 6.40. The lowest BCUT2D eigenvalue weighted by atomic mass is 10.0. The number of para-hydroxylation sites is 1. The fraction of sp³-hybridized carbons (Fsp3) is 0.500. The van der Waals surface area contributed by atoms with Crippen molar-refractivity contribution in [3.8, 4) is 0 Å². The van der Waals surface area contributed by atoms with Gasteiger partial charge in [-0.25, -0.2) is 0 Å². The largest absolute Gasteiger partial charge is 0.370 e. The Morgan fingerprint density at radius 2 is 2.27 bits per heavy atom. The van der Waals surface area contributed by atoms with Crippen molar-refractivity contribution in [1.82, 2.24) is 9.88 Å². The molecule has 1 unspecified atom stereocenters. The van der Waals surface area contributed by atoms with E-state index in [9.17, 15) is 0 Å². The Hall–Kier alpha value is -1.97. The molecule has 3 rings (SSSR count). The molecule has 0 amide bonds. The number of aromatic nitrogens is 1. The fourth-order valence-corrected chi connectivity index (χ4v) is 3.30. The number of aryl methyl sites for hydroxylation is 1. The molecule has 0 aliphatic carbocycles. The number of fused-ring (bicyclic) bond motifs is 1. The molecule has 3 N–H and O–H groups in total. The zero-order chi connectivity index (χ0) is 15.4. The summed E-state index contributed by atoms with van der Waals surface area (Å²) in [5.41, 5.74) is 8.71. The van der Waals surface area contributed by atoms with Crippen LogP contribution in [0.1, 0.15) is 31.7 Å². The highest BCUT2D eigenvalue weighted by molar-refractivity contribution is 5.83. The van der Waals surface area contributed by atoms with E-state index in [4.69, 9.17) is 5.73 Å². The van der Waals surface area contributed by atoms with Crippen molar-refractivity contribution >= 4 is 16.9 Å². The summed E-state index contributed by atoms with van der Waals surface area (Å²) in [5.74, 6) is 1.46. The van der Waals surface area contributed by atoms with Crippen molar-refractivity contribution in [3.05, 3.63) is 36.0 Å². The van der Waals surface area contributed by atoms with Gasteiger partial charge in [0.15, 0.2) is 5.96 Å². The van der Waals surface area contributed by atoms with Crippen LogP contribution in [0.2, 0.25) is 0 Å². The standard InChI is InChI=1S/C18H26N4/c1-14-6-5-11-22(13-14)18(19)20-10-4-7-15-12-21-17-9-3-2-8-16(15)17/h2-3,8-9,12,14,21H,4-7,10-11,13H2,1H3,(H2,19,20). The number of hydrogen-bond donors (Lipinski definition) is 2. The van der Waals surface area contributed by atoms with Gasteiger partial charge in [-0.3, -0.25) is 4.99 Å². The molecular weight excluding hydrogens is 272 g/mol. The molecule has 2 heterocycles. The van der Waals surface area contributed by atoms with Crippen LogP contribution in [0.25, 0.3) is 10.9 Å². The van der Waals surface area contributed by atoms with Crippen molar-refractivity contribution in [2.45, 2.75) is 32.6 Å². The molecule has 0 radical (unpaired) electrons. The number of rotatable bonds is 4. The monoisotopic (exact) mass is 298 g/mol. The SMILES string of the molecule is CC1CCCN(C(N)=NCCCc2c[nH]c3ccccc23)C1. The third kappa shape index (κ3) is 3.43. The van der Waals surface area contributed by atoms with Crippen molar-refractivity contribution in [3.63, 3.8) is 0 Å². The molecule has 1 aliphatic rings. The number of nitrogens with zero attached hydrogens (tertiary/aromatic N) is 2. The maximum atomic E-state index is 6.13. The second-order valence-corrected chi connectivity index (χ2v) is 6.40. The maximum Gasteiger partial charge on any atom is 0.191 e. The predicted molar refractivity (Wildman–Crippen MR) is 93.1 cm³/mol. The van der Waals surface area contributed by atoms with Crippen LogP contribution in [-0.2, 0) is 6.42 Å². The van der Waals surface area contributed by atoms with Gasteiger partial charge in [0.1, 0.15) is 0 Å². The minimum Gasteiger partial charge on any atom is -0.370 e. The van der Waals surface area contributed by atoms with E-state index in [2.05, 4.69) is 52.3 Å². The van der Waals surface area contributed by atoms with E-state index in [0.29, 0.717) is 0 Å². The quantitative estimate of drug-likeness (QED) is 0.517. The number of hydrogen-bond acceptors (Lipinski definition) is 1. The molecule has 0 saturated carbocycles. The van der Waals surface area contributed by atoms with Crippen molar-refractivity contribution in [1.29, 1.82) is 0 Å². The van der Waals surface area contributed by atoms with Crippen LogP contribution in [0, 0.1) is 5.92 Å². The normalized spacial score (nSPS) is 19.8. The van der Waals surface area contributed by atoms with Crippen LogP contribution in [-0.4, -0.2) is 35.5 Å². The molecule has 4 heteroatoms. The summed E-state index contributed by atoms with van der Waals surface area (Å²) in [6.45, 7) is 5.20. The molecule has 2 aromatic rings. The first-order valence-corrected chi connectivity index (χ1v) is 8.34. The molecule has 4 nitrogen and oxygen atoms in total. The minimum atomic E-state index is 0.727. The Labute approximate surface area is 132 Å². The van der Waals surface area contributed by atoms with Gasteiger partial charge in [-0.1, -0.05) is 25.1 Å². The van der Waals surface area contributed by atoms with Crippen molar-refractivity contribution < 1.29 is 0 Å². The first-order valence-electron chi connectivity index (χ1n) is 8.34. The van der Waals surface area contributed by atoms with Gasteiger partial charge >= 0.3 is 0 Å². The average Bonchev–Trinajstić information content (AvgIpc) is 2.95. The topological polar surface area (TPSA) is 57.4 Å². The van der Waals surface area contributed by atoms with E-state index < -0.39 is 0 Å². The number of likely N-dealkylation sites (tertiary alicyclic amines) is 1. The van der Waals surface area contributed by atoms with Gasteiger partial charge in [0.05, 0.1) is 0 Å². The van der Waals surface area contributed by atoms with Gasteiger partial charge in [-0.05, 0) is 43.2 Å². The molecule has 1 aromatic carbocycles. The summed E-state index contributed by atoms with van der Waals surface area (Å²) in [6, 6.07) is 8.45. The second kappa shape index (κ2) is 6.86. The van der Waals surface area contributed by atoms with E-state index in [0.717, 1.165) is 44.4 Å².